The lowest BCUT2D eigenvalue weighted by molar-refractivity contribution is -0.141. The zero-order chi connectivity index (χ0) is 26.0. The number of alkyl halides is 3. The second-order valence-electron chi connectivity index (χ2n) is 7.50. The van der Waals surface area contributed by atoms with Crippen molar-refractivity contribution in [3.8, 4) is 6.07 Å². The minimum absolute atomic E-state index is 0.179. The van der Waals surface area contributed by atoms with Gasteiger partial charge in [-0.05, 0) is 24.6 Å². The van der Waals surface area contributed by atoms with Crippen molar-refractivity contribution in [3.05, 3.63) is 57.7 Å². The summed E-state index contributed by atoms with van der Waals surface area (Å²) in [6.45, 7) is 0.858. The quantitative estimate of drug-likeness (QED) is 0.541. The summed E-state index contributed by atoms with van der Waals surface area (Å²) in [6.07, 6.45) is -5.01. The summed E-state index contributed by atoms with van der Waals surface area (Å²) in [7, 11) is -4.09. The van der Waals surface area contributed by atoms with Crippen molar-refractivity contribution >= 4 is 39.3 Å². The number of carbonyl (C=O) groups excluding carboxylic acids is 2. The Morgan fingerprint density at radius 1 is 1.31 bits per heavy atom. The van der Waals surface area contributed by atoms with E-state index in [1.807, 2.05) is 4.72 Å². The smallest absolute Gasteiger partial charge is 0.434 e. The molecule has 1 fully saturated rings. The number of hydrogen-bond acceptors (Lipinski definition) is 8. The Morgan fingerprint density at radius 3 is 2.54 bits per heavy atom. The maximum absolute atomic E-state index is 13.5. The number of halogens is 4. The highest BCUT2D eigenvalue weighted by molar-refractivity contribution is 7.89. The largest absolute Gasteiger partial charge is 0.462 e. The molecule has 1 aliphatic rings. The molecular formula is C21H18ClF3N4O5S. The van der Waals surface area contributed by atoms with Crippen molar-refractivity contribution in [1.29, 1.82) is 5.26 Å². The Hall–Kier alpha value is -3.37. The summed E-state index contributed by atoms with van der Waals surface area (Å²) in [6, 6.07) is 8.62. The van der Waals surface area contributed by atoms with Crippen LogP contribution in [0, 0.1) is 17.2 Å². The van der Waals surface area contributed by atoms with E-state index in [2.05, 4.69) is 9.72 Å². The predicted octanol–water partition coefficient (Wildman–Crippen LogP) is 2.88. The molecule has 1 amide bonds. The molecule has 35 heavy (non-hydrogen) atoms. The van der Waals surface area contributed by atoms with Gasteiger partial charge in [0.05, 0.1) is 29.4 Å². The Balaban J connectivity index is 1.76. The van der Waals surface area contributed by atoms with Crippen molar-refractivity contribution in [3.63, 3.8) is 0 Å². The number of carbonyl (C=O) groups is 2. The van der Waals surface area contributed by atoms with Gasteiger partial charge >= 0.3 is 12.1 Å². The van der Waals surface area contributed by atoms with Gasteiger partial charge in [0.15, 0.2) is 5.69 Å². The van der Waals surface area contributed by atoms with Crippen LogP contribution in [0.15, 0.2) is 30.3 Å². The maximum atomic E-state index is 13.5. The number of amides is 1. The summed E-state index contributed by atoms with van der Waals surface area (Å²) in [5, 5.41) is 9.60. The minimum Gasteiger partial charge on any atom is -0.462 e. The van der Waals surface area contributed by atoms with Crippen LogP contribution in [0.1, 0.15) is 34.1 Å². The summed E-state index contributed by atoms with van der Waals surface area (Å²) in [4.78, 5) is 29.1. The molecule has 1 aliphatic heterocycles. The molecular weight excluding hydrogens is 513 g/mol. The number of esters is 1. The molecule has 0 aliphatic carbocycles. The molecule has 0 saturated carbocycles. The zero-order valence-corrected chi connectivity index (χ0v) is 19.7. The van der Waals surface area contributed by atoms with Crippen molar-refractivity contribution in [2.45, 2.75) is 18.9 Å². The topological polar surface area (TPSA) is 129 Å². The highest BCUT2D eigenvalue weighted by Crippen LogP contribution is 2.36. The first-order chi connectivity index (χ1) is 16.4. The highest BCUT2D eigenvalue weighted by atomic mass is 35.5. The van der Waals surface area contributed by atoms with E-state index in [1.165, 1.54) is 24.0 Å². The predicted molar refractivity (Wildman–Crippen MR) is 118 cm³/mol. The average Bonchev–Trinajstić information content (AvgIpc) is 2.73. The fraction of sp³-hybridized carbons (Fsp3) is 0.333. The maximum Gasteiger partial charge on any atom is 0.434 e. The van der Waals surface area contributed by atoms with Crippen LogP contribution in [0.25, 0.3) is 0 Å². The first-order valence-electron chi connectivity index (χ1n) is 10.1. The van der Waals surface area contributed by atoms with Crippen LogP contribution in [0.5, 0.6) is 0 Å². The van der Waals surface area contributed by atoms with Crippen LogP contribution in [0.4, 0.5) is 19.0 Å². The standard InChI is InChI=1S/C21H18ClF3N4O5S/c1-2-34-20(31)15-7-13(8-26)18(27-17(15)21(23,24)25)29-9-14(10-29)19(30)28-35(32,33)11-12-5-3-4-6-16(12)22/h3-7,14H,2,9-11H2,1H3,(H,28,30). The molecule has 0 bridgehead atoms. The van der Waals surface area contributed by atoms with E-state index in [1.54, 1.807) is 18.2 Å². The van der Waals surface area contributed by atoms with E-state index in [0.29, 0.717) is 0 Å². The van der Waals surface area contributed by atoms with E-state index < -0.39 is 51.0 Å². The van der Waals surface area contributed by atoms with Crippen LogP contribution >= 0.6 is 11.6 Å². The van der Waals surface area contributed by atoms with Gasteiger partial charge in [-0.15, -0.1) is 0 Å². The molecule has 1 saturated heterocycles. The Morgan fingerprint density at radius 2 is 1.97 bits per heavy atom. The lowest BCUT2D eigenvalue weighted by Crippen LogP contribution is -2.55. The molecule has 2 heterocycles. The fourth-order valence-corrected chi connectivity index (χ4v) is 4.81. The Kier molecular flexibility index (Phi) is 7.56. The fourth-order valence-electron chi connectivity index (χ4n) is 3.32. The number of anilines is 1. The van der Waals surface area contributed by atoms with Gasteiger partial charge in [0.1, 0.15) is 11.9 Å². The number of benzene rings is 1. The summed E-state index contributed by atoms with van der Waals surface area (Å²) in [5.41, 5.74) is -2.47. The number of aromatic nitrogens is 1. The molecule has 9 nitrogen and oxygen atoms in total. The summed E-state index contributed by atoms with van der Waals surface area (Å²) in [5.74, 6) is -3.94. The lowest BCUT2D eigenvalue weighted by Gasteiger charge is -2.39. The molecule has 0 spiro atoms. The van der Waals surface area contributed by atoms with Crippen LogP contribution < -0.4 is 9.62 Å². The number of sulfonamides is 1. The third-order valence-electron chi connectivity index (χ3n) is 5.00. The average molecular weight is 531 g/mol. The minimum atomic E-state index is -5.01. The third kappa shape index (κ3) is 6.01. The monoisotopic (exact) mass is 530 g/mol. The summed E-state index contributed by atoms with van der Waals surface area (Å²) < 4.78 is 71.8. The second kappa shape index (κ2) is 10.1. The van der Waals surface area contributed by atoms with E-state index in [0.717, 1.165) is 6.07 Å². The molecule has 2 aromatic rings. The van der Waals surface area contributed by atoms with Gasteiger partial charge in [0.25, 0.3) is 0 Å². The van der Waals surface area contributed by atoms with Crippen molar-refractivity contribution in [1.82, 2.24) is 9.71 Å². The zero-order valence-electron chi connectivity index (χ0n) is 18.1. The van der Waals surface area contributed by atoms with Crippen molar-refractivity contribution < 1.29 is 35.9 Å². The molecule has 3 rings (SSSR count). The third-order valence-corrected chi connectivity index (χ3v) is 6.57. The van der Waals surface area contributed by atoms with Crippen LogP contribution in [0.3, 0.4) is 0 Å². The van der Waals surface area contributed by atoms with Crippen LogP contribution in [-0.4, -0.2) is 45.0 Å². The van der Waals surface area contributed by atoms with E-state index >= 15 is 0 Å². The Bertz CT molecular complexity index is 1310. The van der Waals surface area contributed by atoms with E-state index in [-0.39, 0.29) is 41.7 Å². The number of ether oxygens (including phenoxy) is 1. The van der Waals surface area contributed by atoms with Crippen molar-refractivity contribution in [2.75, 3.05) is 24.6 Å². The van der Waals surface area contributed by atoms with Crippen molar-refractivity contribution in [2.24, 2.45) is 5.92 Å². The van der Waals surface area contributed by atoms with Gasteiger partial charge in [-0.2, -0.15) is 18.4 Å². The number of nitriles is 1. The lowest BCUT2D eigenvalue weighted by atomic mass is 9.98. The number of hydrogen-bond donors (Lipinski definition) is 1. The van der Waals surface area contributed by atoms with Gasteiger partial charge in [-0.25, -0.2) is 18.2 Å². The molecule has 1 N–H and O–H groups in total. The van der Waals surface area contributed by atoms with E-state index in [4.69, 9.17) is 11.6 Å². The van der Waals surface area contributed by atoms with Gasteiger partial charge in [-0.1, -0.05) is 29.8 Å². The normalized spacial score (nSPS) is 14.1. The molecule has 0 unspecified atom stereocenters. The molecule has 14 heteroatoms. The molecule has 1 aromatic carbocycles. The highest BCUT2D eigenvalue weighted by Gasteiger charge is 2.42. The number of nitrogens with one attached hydrogen (secondary N) is 1. The molecule has 1 aromatic heterocycles. The van der Waals surface area contributed by atoms with Crippen LogP contribution in [-0.2, 0) is 31.5 Å². The van der Waals surface area contributed by atoms with Gasteiger partial charge < -0.3 is 9.64 Å². The molecule has 0 atom stereocenters. The first-order valence-corrected chi connectivity index (χ1v) is 12.1. The Labute approximate surface area is 203 Å². The first kappa shape index (κ1) is 26.2. The number of pyridine rings is 1. The SMILES string of the molecule is CCOC(=O)c1cc(C#N)c(N2CC(C(=O)NS(=O)(=O)Cc3ccccc3Cl)C2)nc1C(F)(F)F. The molecule has 186 valence electrons. The molecule has 0 radical (unpaired) electrons. The van der Waals surface area contributed by atoms with E-state index in [9.17, 15) is 36.4 Å². The van der Waals surface area contributed by atoms with Gasteiger partial charge in [0.2, 0.25) is 15.9 Å². The van der Waals surface area contributed by atoms with Crippen LogP contribution in [0.2, 0.25) is 5.02 Å². The number of rotatable bonds is 7. The second-order valence-corrected chi connectivity index (χ2v) is 9.63. The summed E-state index contributed by atoms with van der Waals surface area (Å²) >= 11 is 5.95. The number of nitrogens with zero attached hydrogens (tertiary/aromatic N) is 3. The van der Waals surface area contributed by atoms with Gasteiger partial charge in [-0.3, -0.25) is 9.52 Å². The van der Waals surface area contributed by atoms with Gasteiger partial charge in [0, 0.05) is 18.1 Å².